The Bertz CT molecular complexity index is 1090. The van der Waals surface area contributed by atoms with E-state index in [0.29, 0.717) is 36.7 Å². The Morgan fingerprint density at radius 3 is 2.59 bits per heavy atom. The lowest BCUT2D eigenvalue weighted by atomic mass is 10.1. The average molecular weight is 437 g/mol. The van der Waals surface area contributed by atoms with E-state index in [1.54, 1.807) is 7.11 Å². The van der Waals surface area contributed by atoms with Gasteiger partial charge in [-0.1, -0.05) is 23.5 Å². The van der Waals surface area contributed by atoms with Crippen LogP contribution in [0.3, 0.4) is 0 Å². The number of piperidine rings is 1. The topological polar surface area (TPSA) is 68.7 Å². The van der Waals surface area contributed by atoms with Gasteiger partial charge in [0.1, 0.15) is 17.7 Å². The van der Waals surface area contributed by atoms with Crippen LogP contribution in [0.25, 0.3) is 10.2 Å². The molecule has 0 N–H and O–H groups in total. The quantitative estimate of drug-likeness (QED) is 0.588. The van der Waals surface area contributed by atoms with E-state index < -0.39 is 10.0 Å². The van der Waals surface area contributed by atoms with Gasteiger partial charge in [-0.15, -0.1) is 0 Å². The minimum absolute atomic E-state index is 0.0743. The molecule has 0 aliphatic carbocycles. The third kappa shape index (κ3) is 4.68. The second kappa shape index (κ2) is 8.25. The zero-order valence-electron chi connectivity index (χ0n) is 15.9. The van der Waals surface area contributed by atoms with Gasteiger partial charge in [0, 0.05) is 13.1 Å². The second-order valence-electron chi connectivity index (χ2n) is 6.91. The first-order valence-electron chi connectivity index (χ1n) is 9.26. The van der Waals surface area contributed by atoms with Gasteiger partial charge in [-0.2, -0.15) is 0 Å². The summed E-state index contributed by atoms with van der Waals surface area (Å²) in [6, 6.07) is 11.2. The molecule has 1 aliphatic heterocycles. The lowest BCUT2D eigenvalue weighted by Crippen LogP contribution is -2.42. The summed E-state index contributed by atoms with van der Waals surface area (Å²) in [5.41, 5.74) is 1.43. The third-order valence-electron chi connectivity index (χ3n) is 4.90. The van der Waals surface area contributed by atoms with E-state index in [-0.39, 0.29) is 17.7 Å². The number of methoxy groups -OCH3 is 1. The molecule has 0 bridgehead atoms. The molecule has 9 heteroatoms. The van der Waals surface area contributed by atoms with Crippen molar-refractivity contribution in [2.75, 3.05) is 20.2 Å². The smallest absolute Gasteiger partial charge is 0.274 e. The monoisotopic (exact) mass is 436 g/mol. The first kappa shape index (κ1) is 20.1. The van der Waals surface area contributed by atoms with Gasteiger partial charge >= 0.3 is 0 Å². The summed E-state index contributed by atoms with van der Waals surface area (Å²) in [4.78, 5) is 4.49. The molecule has 0 radical (unpaired) electrons. The van der Waals surface area contributed by atoms with Crippen LogP contribution < -0.4 is 9.47 Å². The van der Waals surface area contributed by atoms with Crippen molar-refractivity contribution in [3.05, 3.63) is 53.8 Å². The molecular formula is C20H21FN2O4S2. The fourth-order valence-corrected chi connectivity index (χ4v) is 5.79. The van der Waals surface area contributed by atoms with Crippen LogP contribution in [0, 0.1) is 5.82 Å². The number of halogens is 1. The number of sulfonamides is 1. The molecule has 1 fully saturated rings. The normalized spacial score (nSPS) is 16.2. The standard InChI is InChI=1S/C20H21FN2O4S2/c1-26-17-6-7-18-19(12-17)28-20(22-18)27-16-8-10-23(11-9-16)29(24,25)13-14-2-4-15(21)5-3-14/h2-7,12,16H,8-11,13H2,1H3. The number of fused-ring (bicyclic) bond motifs is 1. The number of benzene rings is 2. The van der Waals surface area contributed by atoms with Crippen LogP contribution in [0.15, 0.2) is 42.5 Å². The number of thiazole rings is 1. The summed E-state index contributed by atoms with van der Waals surface area (Å²) in [6.07, 6.45) is 1.12. The van der Waals surface area contributed by atoms with Gasteiger partial charge in [-0.3, -0.25) is 0 Å². The molecule has 154 valence electrons. The molecule has 4 rings (SSSR count). The average Bonchev–Trinajstić information content (AvgIpc) is 3.11. The summed E-state index contributed by atoms with van der Waals surface area (Å²) in [6.45, 7) is 0.791. The predicted octanol–water partition coefficient (Wildman–Crippen LogP) is 3.82. The van der Waals surface area contributed by atoms with Crippen LogP contribution in [-0.4, -0.2) is 44.0 Å². The van der Waals surface area contributed by atoms with E-state index in [9.17, 15) is 12.8 Å². The van der Waals surface area contributed by atoms with E-state index in [0.717, 1.165) is 16.0 Å². The van der Waals surface area contributed by atoms with Crippen molar-refractivity contribution in [1.29, 1.82) is 0 Å². The van der Waals surface area contributed by atoms with E-state index in [2.05, 4.69) is 4.98 Å². The van der Waals surface area contributed by atoms with Crippen LogP contribution in [-0.2, 0) is 15.8 Å². The van der Waals surface area contributed by atoms with Crippen LogP contribution in [0.4, 0.5) is 4.39 Å². The molecule has 3 aromatic rings. The number of ether oxygens (including phenoxy) is 2. The van der Waals surface area contributed by atoms with Gasteiger partial charge in [-0.25, -0.2) is 22.1 Å². The summed E-state index contributed by atoms with van der Waals surface area (Å²) in [5, 5.41) is 0.584. The second-order valence-corrected chi connectivity index (χ2v) is 9.87. The summed E-state index contributed by atoms with van der Waals surface area (Å²) in [5.74, 6) is 0.267. The van der Waals surface area contributed by atoms with Gasteiger partial charge in [-0.05, 0) is 48.7 Å². The molecule has 0 unspecified atom stereocenters. The first-order valence-corrected chi connectivity index (χ1v) is 11.7. The highest BCUT2D eigenvalue weighted by Crippen LogP contribution is 2.32. The lowest BCUT2D eigenvalue weighted by molar-refractivity contribution is 0.135. The molecule has 1 aliphatic rings. The van der Waals surface area contributed by atoms with Crippen molar-refractivity contribution >= 4 is 31.6 Å². The number of hydrogen-bond donors (Lipinski definition) is 0. The molecule has 2 aromatic carbocycles. The summed E-state index contributed by atoms with van der Waals surface area (Å²) in [7, 11) is -1.82. The van der Waals surface area contributed by atoms with E-state index in [1.807, 2.05) is 18.2 Å². The Morgan fingerprint density at radius 1 is 1.17 bits per heavy atom. The van der Waals surface area contributed by atoms with Crippen molar-refractivity contribution < 1.29 is 22.3 Å². The van der Waals surface area contributed by atoms with E-state index in [1.165, 1.54) is 39.9 Å². The SMILES string of the molecule is COc1ccc2nc(OC3CCN(S(=O)(=O)Cc4ccc(F)cc4)CC3)sc2c1. The Labute approximate surface area is 172 Å². The number of nitrogens with zero attached hydrogens (tertiary/aromatic N) is 2. The highest BCUT2D eigenvalue weighted by molar-refractivity contribution is 7.88. The minimum Gasteiger partial charge on any atom is -0.497 e. The third-order valence-corrected chi connectivity index (χ3v) is 7.66. The van der Waals surface area contributed by atoms with Gasteiger partial charge in [0.2, 0.25) is 10.0 Å². The van der Waals surface area contributed by atoms with Crippen molar-refractivity contribution in [3.63, 3.8) is 0 Å². The first-order chi connectivity index (χ1) is 13.9. The molecule has 0 saturated carbocycles. The lowest BCUT2D eigenvalue weighted by Gasteiger charge is -2.30. The van der Waals surface area contributed by atoms with Crippen molar-refractivity contribution in [3.8, 4) is 10.9 Å². The Kier molecular flexibility index (Phi) is 5.71. The van der Waals surface area contributed by atoms with Crippen LogP contribution in [0.1, 0.15) is 18.4 Å². The van der Waals surface area contributed by atoms with Crippen molar-refractivity contribution in [2.24, 2.45) is 0 Å². The fraction of sp³-hybridized carbons (Fsp3) is 0.350. The maximum atomic E-state index is 13.0. The number of rotatable bonds is 6. The van der Waals surface area contributed by atoms with Crippen molar-refractivity contribution in [2.45, 2.75) is 24.7 Å². The largest absolute Gasteiger partial charge is 0.497 e. The molecule has 29 heavy (non-hydrogen) atoms. The van der Waals surface area contributed by atoms with E-state index >= 15 is 0 Å². The fourth-order valence-electron chi connectivity index (χ4n) is 3.31. The summed E-state index contributed by atoms with van der Waals surface area (Å²) < 4.78 is 52.0. The Balaban J connectivity index is 1.36. The minimum atomic E-state index is -3.45. The predicted molar refractivity (Wildman–Crippen MR) is 110 cm³/mol. The zero-order chi connectivity index (χ0) is 20.4. The molecule has 2 heterocycles. The molecule has 0 atom stereocenters. The molecule has 1 saturated heterocycles. The maximum absolute atomic E-state index is 13.0. The zero-order valence-corrected chi connectivity index (χ0v) is 17.5. The molecule has 6 nitrogen and oxygen atoms in total. The number of aromatic nitrogens is 1. The number of hydrogen-bond acceptors (Lipinski definition) is 6. The van der Waals surface area contributed by atoms with Crippen molar-refractivity contribution in [1.82, 2.24) is 9.29 Å². The molecule has 0 spiro atoms. The Hall–Kier alpha value is -2.23. The van der Waals surface area contributed by atoms with Crippen LogP contribution in [0.5, 0.6) is 10.9 Å². The molecular weight excluding hydrogens is 415 g/mol. The van der Waals surface area contributed by atoms with E-state index in [4.69, 9.17) is 9.47 Å². The van der Waals surface area contributed by atoms with Gasteiger partial charge < -0.3 is 9.47 Å². The maximum Gasteiger partial charge on any atom is 0.274 e. The summed E-state index contributed by atoms with van der Waals surface area (Å²) >= 11 is 1.45. The van der Waals surface area contributed by atoms with Crippen LogP contribution >= 0.6 is 11.3 Å². The van der Waals surface area contributed by atoms with Gasteiger partial charge in [0.15, 0.2) is 0 Å². The van der Waals surface area contributed by atoms with Gasteiger partial charge in [0.05, 0.1) is 23.1 Å². The highest BCUT2D eigenvalue weighted by atomic mass is 32.2. The van der Waals surface area contributed by atoms with Crippen LogP contribution in [0.2, 0.25) is 0 Å². The Morgan fingerprint density at radius 2 is 1.90 bits per heavy atom. The van der Waals surface area contributed by atoms with Gasteiger partial charge in [0.25, 0.3) is 5.19 Å². The molecule has 1 aromatic heterocycles. The highest BCUT2D eigenvalue weighted by Gasteiger charge is 2.29. The molecule has 0 amide bonds.